The van der Waals surface area contributed by atoms with Crippen LogP contribution in [0.2, 0.25) is 0 Å². The van der Waals surface area contributed by atoms with Gasteiger partial charge in [0.05, 0.1) is 0 Å². The van der Waals surface area contributed by atoms with Gasteiger partial charge in [0.1, 0.15) is 0 Å². The number of benzene rings is 1. The Morgan fingerprint density at radius 3 is 2.19 bits per heavy atom. The van der Waals surface area contributed by atoms with Crippen LogP contribution in [0.25, 0.3) is 0 Å². The van der Waals surface area contributed by atoms with E-state index in [1.165, 1.54) is 11.1 Å². The van der Waals surface area contributed by atoms with E-state index in [2.05, 4.69) is 48.3 Å². The van der Waals surface area contributed by atoms with Crippen molar-refractivity contribution in [1.82, 2.24) is 10.2 Å². The van der Waals surface area contributed by atoms with Crippen LogP contribution in [0.5, 0.6) is 0 Å². The maximum absolute atomic E-state index is 3.31. The number of hydrogen-bond donors (Lipinski definition) is 1. The molecule has 0 fully saturated rings. The Labute approximate surface area is 98.7 Å². The summed E-state index contributed by atoms with van der Waals surface area (Å²) in [6.07, 6.45) is 0. The maximum Gasteiger partial charge on any atom is 0.0250 e. The molecule has 0 aliphatic carbocycles. The van der Waals surface area contributed by atoms with Gasteiger partial charge in [0.25, 0.3) is 0 Å². The molecule has 0 bridgehead atoms. The highest BCUT2D eigenvalue weighted by Crippen LogP contribution is 2.26. The van der Waals surface area contributed by atoms with Crippen molar-refractivity contribution in [2.45, 2.75) is 33.0 Å². The third-order valence-electron chi connectivity index (χ3n) is 3.52. The van der Waals surface area contributed by atoms with Crippen molar-refractivity contribution in [2.24, 2.45) is 5.92 Å². The lowest BCUT2D eigenvalue weighted by molar-refractivity contribution is 0.153. The molecule has 1 aliphatic rings. The Morgan fingerprint density at radius 1 is 1.19 bits per heavy atom. The van der Waals surface area contributed by atoms with Crippen LogP contribution in [0.3, 0.4) is 0 Å². The lowest BCUT2D eigenvalue weighted by Crippen LogP contribution is -2.42. The van der Waals surface area contributed by atoms with Gasteiger partial charge < -0.3 is 5.32 Å². The van der Waals surface area contributed by atoms with Crippen molar-refractivity contribution in [2.75, 3.05) is 13.6 Å². The van der Waals surface area contributed by atoms with Crippen LogP contribution in [-0.4, -0.2) is 24.5 Å². The van der Waals surface area contributed by atoms with Gasteiger partial charge in [0.2, 0.25) is 0 Å². The van der Waals surface area contributed by atoms with Crippen LogP contribution >= 0.6 is 0 Å². The first-order valence-corrected chi connectivity index (χ1v) is 6.17. The van der Waals surface area contributed by atoms with Gasteiger partial charge >= 0.3 is 0 Å². The van der Waals surface area contributed by atoms with E-state index in [0.717, 1.165) is 19.6 Å². The first kappa shape index (κ1) is 11.6. The molecule has 0 aromatic heterocycles. The molecule has 2 rings (SSSR count). The first-order valence-electron chi connectivity index (χ1n) is 6.17. The monoisotopic (exact) mass is 218 g/mol. The van der Waals surface area contributed by atoms with Gasteiger partial charge in [-0.3, -0.25) is 4.90 Å². The SMILES string of the molecule is CNCC(C(C)C)N1Cc2ccccc2C1. The zero-order valence-electron chi connectivity index (χ0n) is 10.5. The largest absolute Gasteiger partial charge is 0.318 e. The summed E-state index contributed by atoms with van der Waals surface area (Å²) in [4.78, 5) is 2.59. The summed E-state index contributed by atoms with van der Waals surface area (Å²) in [5.74, 6) is 0.696. The molecule has 1 heterocycles. The summed E-state index contributed by atoms with van der Waals surface area (Å²) in [5.41, 5.74) is 3.01. The fourth-order valence-corrected chi connectivity index (χ4v) is 2.59. The average molecular weight is 218 g/mol. The van der Waals surface area contributed by atoms with E-state index in [1.54, 1.807) is 0 Å². The molecule has 2 heteroatoms. The molecule has 1 aliphatic heterocycles. The van der Waals surface area contributed by atoms with Gasteiger partial charge in [-0.1, -0.05) is 38.1 Å². The van der Waals surface area contributed by atoms with Gasteiger partial charge in [-0.05, 0) is 24.1 Å². The topological polar surface area (TPSA) is 15.3 Å². The van der Waals surface area contributed by atoms with Crippen LogP contribution in [0.15, 0.2) is 24.3 Å². The second-order valence-electron chi connectivity index (χ2n) is 5.04. The third kappa shape index (κ3) is 2.28. The number of hydrogen-bond acceptors (Lipinski definition) is 2. The number of likely N-dealkylation sites (N-methyl/N-ethyl adjacent to an activating group) is 1. The molecule has 1 aromatic rings. The first-order chi connectivity index (χ1) is 7.72. The van der Waals surface area contributed by atoms with Gasteiger partial charge in [0.15, 0.2) is 0 Å². The van der Waals surface area contributed by atoms with Crippen molar-refractivity contribution in [3.05, 3.63) is 35.4 Å². The van der Waals surface area contributed by atoms with Crippen molar-refractivity contribution in [1.29, 1.82) is 0 Å². The van der Waals surface area contributed by atoms with Gasteiger partial charge in [-0.2, -0.15) is 0 Å². The van der Waals surface area contributed by atoms with Crippen LogP contribution in [0.4, 0.5) is 0 Å². The normalized spacial score (nSPS) is 17.8. The lowest BCUT2D eigenvalue weighted by atomic mass is 10.0. The predicted octanol–water partition coefficient (Wildman–Crippen LogP) is 2.25. The Bertz CT molecular complexity index is 321. The predicted molar refractivity (Wildman–Crippen MR) is 68.2 cm³/mol. The highest BCUT2D eigenvalue weighted by atomic mass is 15.2. The minimum Gasteiger partial charge on any atom is -0.318 e. The molecular weight excluding hydrogens is 196 g/mol. The standard InChI is InChI=1S/C14H22N2/c1-11(2)14(8-15-3)16-9-12-6-4-5-7-13(12)10-16/h4-7,11,14-15H,8-10H2,1-3H3. The summed E-state index contributed by atoms with van der Waals surface area (Å²) in [7, 11) is 2.04. The molecule has 1 N–H and O–H groups in total. The number of nitrogens with zero attached hydrogens (tertiary/aromatic N) is 1. The third-order valence-corrected chi connectivity index (χ3v) is 3.52. The molecule has 1 unspecified atom stereocenters. The summed E-state index contributed by atoms with van der Waals surface area (Å²) >= 11 is 0. The zero-order valence-corrected chi connectivity index (χ0v) is 10.5. The van der Waals surface area contributed by atoms with Crippen LogP contribution in [0.1, 0.15) is 25.0 Å². The molecule has 1 atom stereocenters. The molecular formula is C14H22N2. The Hall–Kier alpha value is -0.860. The fraction of sp³-hybridized carbons (Fsp3) is 0.571. The molecule has 0 amide bonds. The number of nitrogens with one attached hydrogen (secondary N) is 1. The smallest absolute Gasteiger partial charge is 0.0250 e. The maximum atomic E-state index is 3.31. The molecule has 0 spiro atoms. The lowest BCUT2D eigenvalue weighted by Gasteiger charge is -2.30. The minimum atomic E-state index is 0.636. The summed E-state index contributed by atoms with van der Waals surface area (Å²) in [6, 6.07) is 9.44. The van der Waals surface area contributed by atoms with Crippen molar-refractivity contribution in [3.63, 3.8) is 0 Å². The van der Waals surface area contributed by atoms with Crippen LogP contribution in [0, 0.1) is 5.92 Å². The second-order valence-corrected chi connectivity index (χ2v) is 5.04. The molecule has 1 aromatic carbocycles. The van der Waals surface area contributed by atoms with E-state index in [4.69, 9.17) is 0 Å². The van der Waals surface area contributed by atoms with E-state index in [-0.39, 0.29) is 0 Å². The fourth-order valence-electron chi connectivity index (χ4n) is 2.59. The molecule has 16 heavy (non-hydrogen) atoms. The summed E-state index contributed by atoms with van der Waals surface area (Å²) in [6.45, 7) is 7.92. The van der Waals surface area contributed by atoms with Gasteiger partial charge in [-0.15, -0.1) is 0 Å². The van der Waals surface area contributed by atoms with E-state index < -0.39 is 0 Å². The van der Waals surface area contributed by atoms with Crippen molar-refractivity contribution >= 4 is 0 Å². The molecule has 2 nitrogen and oxygen atoms in total. The van der Waals surface area contributed by atoms with Crippen molar-refractivity contribution in [3.8, 4) is 0 Å². The zero-order chi connectivity index (χ0) is 11.5. The highest BCUT2D eigenvalue weighted by Gasteiger charge is 2.26. The van der Waals surface area contributed by atoms with Crippen LogP contribution < -0.4 is 5.32 Å². The minimum absolute atomic E-state index is 0.636. The highest BCUT2D eigenvalue weighted by molar-refractivity contribution is 5.30. The van der Waals surface area contributed by atoms with E-state index in [1.807, 2.05) is 7.05 Å². The Morgan fingerprint density at radius 2 is 1.75 bits per heavy atom. The molecule has 0 radical (unpaired) electrons. The molecule has 0 saturated heterocycles. The van der Waals surface area contributed by atoms with E-state index >= 15 is 0 Å². The number of fused-ring (bicyclic) bond motifs is 1. The quantitative estimate of drug-likeness (QED) is 0.834. The summed E-state index contributed by atoms with van der Waals surface area (Å²) < 4.78 is 0. The van der Waals surface area contributed by atoms with Crippen LogP contribution in [-0.2, 0) is 13.1 Å². The average Bonchev–Trinajstić information content (AvgIpc) is 2.68. The Balaban J connectivity index is 2.09. The second kappa shape index (κ2) is 4.98. The Kier molecular flexibility index (Phi) is 3.62. The molecule has 0 saturated carbocycles. The summed E-state index contributed by atoms with van der Waals surface area (Å²) in [5, 5.41) is 3.31. The molecule has 88 valence electrons. The van der Waals surface area contributed by atoms with E-state index in [9.17, 15) is 0 Å². The van der Waals surface area contributed by atoms with E-state index in [0.29, 0.717) is 12.0 Å². The van der Waals surface area contributed by atoms with Gasteiger partial charge in [-0.25, -0.2) is 0 Å². The van der Waals surface area contributed by atoms with Gasteiger partial charge in [0, 0.05) is 25.7 Å². The van der Waals surface area contributed by atoms with Crippen molar-refractivity contribution < 1.29 is 0 Å². The number of rotatable bonds is 4.